The van der Waals surface area contributed by atoms with Gasteiger partial charge in [-0.25, -0.2) is 4.79 Å². The highest BCUT2D eigenvalue weighted by Crippen LogP contribution is 2.20. The first-order chi connectivity index (χ1) is 9.98. The molecule has 0 amide bonds. The minimum absolute atomic E-state index is 0.148. The second-order valence-corrected chi connectivity index (χ2v) is 6.04. The molecular weight excluding hydrogens is 314 g/mol. The highest BCUT2D eigenvalue weighted by atomic mass is 32.2. The maximum absolute atomic E-state index is 11.8. The Morgan fingerprint density at radius 3 is 2.57 bits per heavy atom. The number of allylic oxidation sites excluding steroid dienone is 1. The summed E-state index contributed by atoms with van der Waals surface area (Å²) in [7, 11) is -3.96. The SMILES string of the molecule is C/C=C/S(=O)(=O)ON=C(Sc1ccccc1)C(=O)OCC. The normalized spacial score (nSPS) is 12.4. The fourth-order valence-corrected chi connectivity index (χ4v) is 2.51. The van der Waals surface area contributed by atoms with E-state index in [0.29, 0.717) is 4.90 Å². The lowest BCUT2D eigenvalue weighted by molar-refractivity contribution is -0.134. The van der Waals surface area contributed by atoms with Crippen molar-refractivity contribution < 1.29 is 22.2 Å². The Kier molecular flexibility index (Phi) is 6.97. The van der Waals surface area contributed by atoms with Gasteiger partial charge in [-0.05, 0) is 26.0 Å². The van der Waals surface area contributed by atoms with Crippen molar-refractivity contribution in [1.82, 2.24) is 0 Å². The van der Waals surface area contributed by atoms with Gasteiger partial charge < -0.3 is 4.74 Å². The molecule has 0 radical (unpaired) electrons. The highest BCUT2D eigenvalue weighted by molar-refractivity contribution is 8.15. The van der Waals surface area contributed by atoms with E-state index in [1.54, 1.807) is 31.2 Å². The molecule has 6 nitrogen and oxygen atoms in total. The van der Waals surface area contributed by atoms with E-state index in [1.807, 2.05) is 6.07 Å². The van der Waals surface area contributed by atoms with Crippen LogP contribution in [0.1, 0.15) is 13.8 Å². The van der Waals surface area contributed by atoms with Crippen LogP contribution in [-0.2, 0) is 23.9 Å². The molecule has 8 heteroatoms. The lowest BCUT2D eigenvalue weighted by Crippen LogP contribution is -2.15. The third kappa shape index (κ3) is 6.46. The number of nitrogens with zero attached hydrogens (tertiary/aromatic N) is 1. The van der Waals surface area contributed by atoms with Gasteiger partial charge >= 0.3 is 16.1 Å². The van der Waals surface area contributed by atoms with Crippen molar-refractivity contribution in [1.29, 1.82) is 0 Å². The van der Waals surface area contributed by atoms with Gasteiger partial charge in [-0.1, -0.05) is 41.2 Å². The Labute approximate surface area is 127 Å². The van der Waals surface area contributed by atoms with Crippen LogP contribution in [0, 0.1) is 0 Å². The van der Waals surface area contributed by atoms with E-state index in [4.69, 9.17) is 4.74 Å². The lowest BCUT2D eigenvalue weighted by atomic mass is 10.4. The third-order valence-electron chi connectivity index (χ3n) is 1.93. The first kappa shape index (κ1) is 17.3. The average molecular weight is 329 g/mol. The number of esters is 1. The van der Waals surface area contributed by atoms with Crippen molar-refractivity contribution in [3.63, 3.8) is 0 Å². The zero-order valence-electron chi connectivity index (χ0n) is 11.6. The standard InChI is InChI=1S/C13H15NO5S2/c1-3-10-21(16,17)19-14-12(13(15)18-4-2)20-11-8-6-5-7-9-11/h3,5-10H,4H2,1-2H3/b10-3+,14-12?. The predicted molar refractivity (Wildman–Crippen MR) is 81.2 cm³/mol. The Morgan fingerprint density at radius 2 is 2.00 bits per heavy atom. The van der Waals surface area contributed by atoms with Gasteiger partial charge in [0.1, 0.15) is 0 Å². The summed E-state index contributed by atoms with van der Waals surface area (Å²) in [5, 5.41) is 4.04. The molecule has 21 heavy (non-hydrogen) atoms. The van der Waals surface area contributed by atoms with E-state index >= 15 is 0 Å². The van der Waals surface area contributed by atoms with Gasteiger partial charge in [0.05, 0.1) is 12.0 Å². The second kappa shape index (κ2) is 8.48. The van der Waals surface area contributed by atoms with Gasteiger partial charge in [-0.3, -0.25) is 4.28 Å². The van der Waals surface area contributed by atoms with Gasteiger partial charge in [0.25, 0.3) is 0 Å². The van der Waals surface area contributed by atoms with Gasteiger partial charge in [0.2, 0.25) is 5.04 Å². The summed E-state index contributed by atoms with van der Waals surface area (Å²) < 4.78 is 32.0. The summed E-state index contributed by atoms with van der Waals surface area (Å²) in [6.07, 6.45) is 1.29. The molecule has 0 N–H and O–H groups in total. The molecule has 0 saturated heterocycles. The molecule has 0 fully saturated rings. The third-order valence-corrected chi connectivity index (χ3v) is 3.76. The summed E-state index contributed by atoms with van der Waals surface area (Å²) in [6, 6.07) is 8.88. The van der Waals surface area contributed by atoms with E-state index in [2.05, 4.69) is 9.44 Å². The fourth-order valence-electron chi connectivity index (χ4n) is 1.17. The molecule has 1 aromatic carbocycles. The number of hydrogen-bond acceptors (Lipinski definition) is 7. The molecule has 0 aliphatic carbocycles. The molecule has 0 bridgehead atoms. The molecular formula is C13H15NO5S2. The van der Waals surface area contributed by atoms with E-state index in [-0.39, 0.29) is 11.7 Å². The van der Waals surface area contributed by atoms with Crippen molar-refractivity contribution in [2.24, 2.45) is 5.16 Å². The topological polar surface area (TPSA) is 82.0 Å². The van der Waals surface area contributed by atoms with E-state index in [1.165, 1.54) is 13.0 Å². The predicted octanol–water partition coefficient (Wildman–Crippen LogP) is 2.54. The molecule has 0 atom stereocenters. The monoisotopic (exact) mass is 329 g/mol. The van der Waals surface area contributed by atoms with Crippen LogP contribution in [0.2, 0.25) is 0 Å². The fraction of sp³-hybridized carbons (Fsp3) is 0.231. The van der Waals surface area contributed by atoms with Crippen LogP contribution in [0.4, 0.5) is 0 Å². The quantitative estimate of drug-likeness (QED) is 0.271. The van der Waals surface area contributed by atoms with E-state index < -0.39 is 16.1 Å². The Morgan fingerprint density at radius 1 is 1.33 bits per heavy atom. The van der Waals surface area contributed by atoms with Crippen molar-refractivity contribution in [3.05, 3.63) is 41.8 Å². The average Bonchev–Trinajstić information content (AvgIpc) is 2.44. The number of carbonyl (C=O) groups excluding carboxylic acids is 1. The first-order valence-electron chi connectivity index (χ1n) is 6.03. The second-order valence-electron chi connectivity index (χ2n) is 3.57. The lowest BCUT2D eigenvalue weighted by Gasteiger charge is -2.05. The molecule has 0 spiro atoms. The van der Waals surface area contributed by atoms with Crippen molar-refractivity contribution >= 4 is 32.9 Å². The Bertz CT molecular complexity index is 623. The Balaban J connectivity index is 2.94. The largest absolute Gasteiger partial charge is 0.461 e. The molecule has 0 aliphatic heterocycles. The van der Waals surface area contributed by atoms with Crippen LogP contribution in [0.15, 0.2) is 51.9 Å². The van der Waals surface area contributed by atoms with Crippen molar-refractivity contribution in [3.8, 4) is 0 Å². The summed E-state index contributed by atoms with van der Waals surface area (Å²) in [5.41, 5.74) is 0. The van der Waals surface area contributed by atoms with Crippen LogP contribution in [0.25, 0.3) is 0 Å². The molecule has 1 rings (SSSR count). The smallest absolute Gasteiger partial charge is 0.367 e. The number of ether oxygens (including phenoxy) is 1. The zero-order valence-corrected chi connectivity index (χ0v) is 13.2. The van der Waals surface area contributed by atoms with E-state index in [9.17, 15) is 13.2 Å². The summed E-state index contributed by atoms with van der Waals surface area (Å²) in [5.74, 6) is -0.748. The van der Waals surface area contributed by atoms with Crippen LogP contribution < -0.4 is 0 Å². The molecule has 0 aromatic heterocycles. The van der Waals surface area contributed by atoms with Crippen LogP contribution in [0.3, 0.4) is 0 Å². The number of thioether (sulfide) groups is 1. The van der Waals surface area contributed by atoms with E-state index in [0.717, 1.165) is 17.2 Å². The molecule has 0 heterocycles. The first-order valence-corrected chi connectivity index (χ1v) is 8.31. The van der Waals surface area contributed by atoms with Gasteiger partial charge in [-0.15, -0.1) is 0 Å². The minimum Gasteiger partial charge on any atom is -0.461 e. The molecule has 1 aromatic rings. The summed E-state index contributed by atoms with van der Waals surface area (Å²) >= 11 is 0.957. The highest BCUT2D eigenvalue weighted by Gasteiger charge is 2.17. The van der Waals surface area contributed by atoms with Gasteiger partial charge in [-0.2, -0.15) is 8.42 Å². The van der Waals surface area contributed by atoms with Gasteiger partial charge in [0.15, 0.2) is 0 Å². The summed E-state index contributed by atoms with van der Waals surface area (Å²) in [4.78, 5) is 12.5. The molecule has 0 unspecified atom stereocenters. The van der Waals surface area contributed by atoms with Crippen LogP contribution in [-0.4, -0.2) is 26.0 Å². The maximum Gasteiger partial charge on any atom is 0.367 e. The molecule has 0 aliphatic rings. The number of hydrogen-bond donors (Lipinski definition) is 0. The minimum atomic E-state index is -3.96. The molecule has 0 saturated carbocycles. The molecule has 114 valence electrons. The van der Waals surface area contributed by atoms with Crippen LogP contribution in [0.5, 0.6) is 0 Å². The number of benzene rings is 1. The van der Waals surface area contributed by atoms with Crippen molar-refractivity contribution in [2.45, 2.75) is 18.7 Å². The number of carbonyl (C=O) groups is 1. The van der Waals surface area contributed by atoms with Crippen molar-refractivity contribution in [2.75, 3.05) is 6.61 Å². The summed E-state index contributed by atoms with van der Waals surface area (Å²) in [6.45, 7) is 3.31. The van der Waals surface area contributed by atoms with Crippen LogP contribution >= 0.6 is 11.8 Å². The Hall–Kier alpha value is -1.80. The maximum atomic E-state index is 11.8. The van der Waals surface area contributed by atoms with Gasteiger partial charge in [0, 0.05) is 4.90 Å². The number of rotatable bonds is 5. The zero-order chi connectivity index (χ0) is 15.7. The number of oxime groups is 1.